The maximum Gasteiger partial charge on any atom is 0.285 e. The number of anilines is 2. The molecular weight excluding hydrogens is 384 g/mol. The van der Waals surface area contributed by atoms with Gasteiger partial charge in [-0.2, -0.15) is 5.10 Å². The number of hydrogen-bond acceptors (Lipinski definition) is 5. The third-order valence-corrected chi connectivity index (χ3v) is 4.53. The van der Waals surface area contributed by atoms with Gasteiger partial charge in [-0.15, -0.1) is 0 Å². The first-order valence-corrected chi connectivity index (χ1v) is 8.40. The minimum Gasteiger partial charge on any atom is -0.378 e. The van der Waals surface area contributed by atoms with E-state index >= 15 is 0 Å². The second-order valence-corrected chi connectivity index (χ2v) is 6.45. The summed E-state index contributed by atoms with van der Waals surface area (Å²) in [6.07, 6.45) is 1.51. The Morgan fingerprint density at radius 3 is 2.96 bits per heavy atom. The predicted octanol–water partition coefficient (Wildman–Crippen LogP) is 2.63. The van der Waals surface area contributed by atoms with Gasteiger partial charge in [0.25, 0.3) is 5.56 Å². The summed E-state index contributed by atoms with van der Waals surface area (Å²) in [6.45, 7) is 3.71. The summed E-state index contributed by atoms with van der Waals surface area (Å²) in [4.78, 5) is 13.8. The third-order valence-electron chi connectivity index (χ3n) is 3.66. The molecule has 2 N–H and O–H groups in total. The maximum atomic E-state index is 11.5. The Labute approximate surface area is 146 Å². The molecule has 0 amide bonds. The molecule has 0 radical (unpaired) electrons. The van der Waals surface area contributed by atoms with Crippen LogP contribution in [0, 0.1) is 0 Å². The Bertz CT molecular complexity index is 746. The quantitative estimate of drug-likeness (QED) is 0.827. The minimum absolute atomic E-state index is 0.116. The second-order valence-electron chi connectivity index (χ2n) is 5.15. The molecule has 0 spiro atoms. The lowest BCUT2D eigenvalue weighted by molar-refractivity contribution is 0.122. The average molecular weight is 400 g/mol. The number of aromatic nitrogens is 2. The van der Waals surface area contributed by atoms with Gasteiger partial charge in [0.1, 0.15) is 5.02 Å². The van der Waals surface area contributed by atoms with Crippen LogP contribution in [0.1, 0.15) is 5.56 Å². The van der Waals surface area contributed by atoms with Gasteiger partial charge in [0.15, 0.2) is 0 Å². The lowest BCUT2D eigenvalue weighted by Gasteiger charge is -2.31. The van der Waals surface area contributed by atoms with E-state index in [0.29, 0.717) is 12.2 Å². The fourth-order valence-electron chi connectivity index (χ4n) is 2.48. The largest absolute Gasteiger partial charge is 0.378 e. The van der Waals surface area contributed by atoms with E-state index < -0.39 is 5.56 Å². The summed E-state index contributed by atoms with van der Waals surface area (Å²) < 4.78 is 6.44. The number of nitrogens with zero attached hydrogens (tertiary/aromatic N) is 2. The number of morpholine rings is 1. The lowest BCUT2D eigenvalue weighted by atomic mass is 10.1. The number of nitrogens with one attached hydrogen (secondary N) is 2. The summed E-state index contributed by atoms with van der Waals surface area (Å²) in [6, 6.07) is 6.15. The monoisotopic (exact) mass is 398 g/mol. The van der Waals surface area contributed by atoms with Crippen molar-refractivity contribution in [3.05, 3.63) is 49.8 Å². The first kappa shape index (κ1) is 16.3. The van der Waals surface area contributed by atoms with Gasteiger partial charge < -0.3 is 15.0 Å². The van der Waals surface area contributed by atoms with E-state index in [1.807, 2.05) is 6.07 Å². The Kier molecular flexibility index (Phi) is 5.20. The molecule has 2 heterocycles. The fourth-order valence-corrected chi connectivity index (χ4v) is 2.99. The summed E-state index contributed by atoms with van der Waals surface area (Å²) in [7, 11) is 0. The molecule has 1 saturated heterocycles. The van der Waals surface area contributed by atoms with Crippen LogP contribution < -0.4 is 15.8 Å². The van der Waals surface area contributed by atoms with E-state index in [9.17, 15) is 4.79 Å². The molecule has 1 aromatic heterocycles. The molecule has 23 heavy (non-hydrogen) atoms. The Morgan fingerprint density at radius 1 is 1.39 bits per heavy atom. The minimum atomic E-state index is -0.402. The van der Waals surface area contributed by atoms with Crippen molar-refractivity contribution in [2.24, 2.45) is 0 Å². The van der Waals surface area contributed by atoms with Crippen molar-refractivity contribution in [1.82, 2.24) is 10.2 Å². The van der Waals surface area contributed by atoms with Gasteiger partial charge in [-0.05, 0) is 17.7 Å². The lowest BCUT2D eigenvalue weighted by Crippen LogP contribution is -2.36. The molecule has 0 unspecified atom stereocenters. The predicted molar refractivity (Wildman–Crippen MR) is 94.4 cm³/mol. The summed E-state index contributed by atoms with van der Waals surface area (Å²) in [5.41, 5.74) is 2.38. The van der Waals surface area contributed by atoms with Gasteiger partial charge in [0.05, 0.1) is 25.1 Å². The SMILES string of the molecule is O=c1[nH]ncc(NCc2ccc(Br)cc2N2CCOCC2)c1Cl. The molecule has 8 heteroatoms. The third kappa shape index (κ3) is 3.85. The highest BCUT2D eigenvalue weighted by atomic mass is 79.9. The molecular formula is C15H16BrClN4O2. The first-order valence-electron chi connectivity index (χ1n) is 7.23. The van der Waals surface area contributed by atoms with Gasteiger partial charge in [-0.1, -0.05) is 33.6 Å². The highest BCUT2D eigenvalue weighted by Crippen LogP contribution is 2.27. The molecule has 0 aliphatic carbocycles. The number of benzene rings is 1. The summed E-state index contributed by atoms with van der Waals surface area (Å²) in [5.74, 6) is 0. The molecule has 3 rings (SSSR count). The van der Waals surface area contributed by atoms with E-state index in [4.69, 9.17) is 16.3 Å². The van der Waals surface area contributed by atoms with Crippen LogP contribution in [0.2, 0.25) is 5.02 Å². The van der Waals surface area contributed by atoms with Crippen LogP contribution >= 0.6 is 27.5 Å². The molecule has 1 fully saturated rings. The van der Waals surface area contributed by atoms with Crippen LogP contribution in [0.3, 0.4) is 0 Å². The molecule has 6 nitrogen and oxygen atoms in total. The smallest absolute Gasteiger partial charge is 0.285 e. The van der Waals surface area contributed by atoms with Crippen LogP contribution in [0.15, 0.2) is 33.7 Å². The van der Waals surface area contributed by atoms with Gasteiger partial charge in [0.2, 0.25) is 0 Å². The summed E-state index contributed by atoms with van der Waals surface area (Å²) >= 11 is 9.52. The number of H-pyrrole nitrogens is 1. The molecule has 0 atom stereocenters. The van der Waals surface area contributed by atoms with Crippen LogP contribution in [-0.2, 0) is 11.3 Å². The Hall–Kier alpha value is -1.57. The van der Waals surface area contributed by atoms with Gasteiger partial charge in [0, 0.05) is 29.8 Å². The van der Waals surface area contributed by atoms with Gasteiger partial charge >= 0.3 is 0 Å². The number of aromatic amines is 1. The number of rotatable bonds is 4. The zero-order chi connectivity index (χ0) is 16.2. The number of halogens is 2. The van der Waals surface area contributed by atoms with Crippen LogP contribution in [0.25, 0.3) is 0 Å². The second kappa shape index (κ2) is 7.33. The van der Waals surface area contributed by atoms with Crippen molar-refractivity contribution < 1.29 is 4.74 Å². The van der Waals surface area contributed by atoms with E-state index in [1.54, 1.807) is 0 Å². The van der Waals surface area contributed by atoms with Crippen LogP contribution in [0.4, 0.5) is 11.4 Å². The zero-order valence-electron chi connectivity index (χ0n) is 12.3. The highest BCUT2D eigenvalue weighted by Gasteiger charge is 2.15. The van der Waals surface area contributed by atoms with Gasteiger partial charge in [-0.3, -0.25) is 4.79 Å². The van der Waals surface area contributed by atoms with Crippen LogP contribution in [0.5, 0.6) is 0 Å². The molecule has 1 aromatic carbocycles. The van der Waals surface area contributed by atoms with Crippen molar-refractivity contribution in [1.29, 1.82) is 0 Å². The highest BCUT2D eigenvalue weighted by molar-refractivity contribution is 9.10. The molecule has 1 aliphatic heterocycles. The van der Waals surface area contributed by atoms with Crippen molar-refractivity contribution in [2.75, 3.05) is 36.5 Å². The fraction of sp³-hybridized carbons (Fsp3) is 0.333. The molecule has 0 saturated carbocycles. The van der Waals surface area contributed by atoms with Crippen molar-refractivity contribution in [3.8, 4) is 0 Å². The average Bonchev–Trinajstić information content (AvgIpc) is 2.58. The molecule has 2 aromatic rings. The standard InChI is InChI=1S/C15H16BrClN4O2/c16-11-2-1-10(13(7-11)21-3-5-23-6-4-21)8-18-12-9-19-20-15(22)14(12)17/h1-2,7,9H,3-6,8H2,(H2,18,20,22). The van der Waals surface area contributed by atoms with Crippen molar-refractivity contribution >= 4 is 38.9 Å². The van der Waals surface area contributed by atoms with Gasteiger partial charge in [-0.25, -0.2) is 5.10 Å². The van der Waals surface area contributed by atoms with E-state index in [0.717, 1.165) is 42.0 Å². The van der Waals surface area contributed by atoms with E-state index in [2.05, 4.69) is 48.5 Å². The van der Waals surface area contributed by atoms with Crippen molar-refractivity contribution in [3.63, 3.8) is 0 Å². The molecule has 0 bridgehead atoms. The molecule has 122 valence electrons. The Morgan fingerprint density at radius 2 is 2.17 bits per heavy atom. The van der Waals surface area contributed by atoms with Crippen molar-refractivity contribution in [2.45, 2.75) is 6.54 Å². The van der Waals surface area contributed by atoms with E-state index in [-0.39, 0.29) is 5.02 Å². The number of ether oxygens (including phenoxy) is 1. The number of hydrogen-bond donors (Lipinski definition) is 2. The zero-order valence-corrected chi connectivity index (χ0v) is 14.7. The summed E-state index contributed by atoms with van der Waals surface area (Å²) in [5, 5.41) is 9.36. The Balaban J connectivity index is 1.82. The van der Waals surface area contributed by atoms with E-state index in [1.165, 1.54) is 6.20 Å². The first-order chi connectivity index (χ1) is 11.1. The molecule has 1 aliphatic rings. The topological polar surface area (TPSA) is 70.2 Å². The van der Waals surface area contributed by atoms with Crippen LogP contribution in [-0.4, -0.2) is 36.5 Å². The maximum absolute atomic E-state index is 11.5. The normalized spacial score (nSPS) is 14.8.